The van der Waals surface area contributed by atoms with Crippen LogP contribution in [0.25, 0.3) is 55.7 Å². The number of benzene rings is 2. The average molecular weight is 1260 g/mol. The predicted octanol–water partition coefficient (Wildman–Crippen LogP) is 12.1. The van der Waals surface area contributed by atoms with Crippen molar-refractivity contribution in [3.8, 4) is 33.9 Å². The highest BCUT2D eigenvalue weighted by Crippen LogP contribution is 2.42. The number of ether oxygens (including phenoxy) is 2. The quantitative estimate of drug-likeness (QED) is 0.0738. The van der Waals surface area contributed by atoms with Crippen LogP contribution in [0.5, 0.6) is 0 Å². The zero-order valence-corrected chi connectivity index (χ0v) is 50.7. The van der Waals surface area contributed by atoms with Gasteiger partial charge in [-0.15, -0.1) is 0 Å². The number of anilines is 8. The van der Waals surface area contributed by atoms with Crippen molar-refractivity contribution in [3.05, 3.63) is 173 Å². The number of halogens is 5. The van der Waals surface area contributed by atoms with Crippen molar-refractivity contribution < 1.29 is 36.3 Å². The van der Waals surface area contributed by atoms with E-state index < -0.39 is 23.3 Å². The largest absolute Gasteiger partial charge is 0.496 e. The lowest BCUT2D eigenvalue weighted by Gasteiger charge is -2.32. The highest BCUT2D eigenvalue weighted by molar-refractivity contribution is 9.10. The summed E-state index contributed by atoms with van der Waals surface area (Å²) < 4.78 is 82.2. The number of fused-ring (bicyclic) bond motifs is 2. The maximum absolute atomic E-state index is 15.4. The van der Waals surface area contributed by atoms with E-state index in [0.29, 0.717) is 112 Å². The van der Waals surface area contributed by atoms with Gasteiger partial charge in [0.1, 0.15) is 46.5 Å². The van der Waals surface area contributed by atoms with E-state index in [-0.39, 0.29) is 40.1 Å². The van der Waals surface area contributed by atoms with Crippen molar-refractivity contribution in [1.82, 2.24) is 39.9 Å². The molecule has 0 amide bonds. The Morgan fingerprint density at radius 2 is 1.02 bits per heavy atom. The number of nitrogens with one attached hydrogen (secondary N) is 2. The average Bonchev–Trinajstić information content (AvgIpc) is 1.72. The topological polar surface area (TPSA) is 223 Å². The van der Waals surface area contributed by atoms with Gasteiger partial charge in [0.05, 0.1) is 109 Å². The van der Waals surface area contributed by atoms with Gasteiger partial charge in [-0.3, -0.25) is 9.97 Å². The Hall–Kier alpha value is -8.94. The summed E-state index contributed by atoms with van der Waals surface area (Å²) >= 11 is 3.54. The maximum atomic E-state index is 15.4. The molecule has 18 nitrogen and oxygen atoms in total. The zero-order valence-electron chi connectivity index (χ0n) is 49.1. The minimum Gasteiger partial charge on any atom is -0.399 e. The molecule has 0 spiro atoms. The summed E-state index contributed by atoms with van der Waals surface area (Å²) in [6.07, 6.45) is 10.1. The second-order valence-corrected chi connectivity index (χ2v) is 22.9. The molecule has 0 radical (unpaired) electrons. The molecule has 3 aliphatic rings. The first kappa shape index (κ1) is 60.7. The van der Waals surface area contributed by atoms with Gasteiger partial charge in [-0.2, -0.15) is 0 Å². The van der Waals surface area contributed by atoms with Crippen LogP contribution in [-0.4, -0.2) is 111 Å². The number of rotatable bonds is 10. The Bertz CT molecular complexity index is 4140. The summed E-state index contributed by atoms with van der Waals surface area (Å²) in [5, 5.41) is 7.21. The fourth-order valence-corrected chi connectivity index (χ4v) is 10.5. The molecule has 0 atom stereocenters. The number of hydrogen-bond acceptors (Lipinski definition) is 18. The van der Waals surface area contributed by atoms with Crippen LogP contribution in [0, 0.1) is 37.1 Å². The van der Waals surface area contributed by atoms with Crippen LogP contribution >= 0.6 is 15.9 Å². The number of hydrogen-bond donors (Lipinski definition) is 4. The molecule has 88 heavy (non-hydrogen) atoms. The number of nitrogens with zero attached hydrogens (tertiary/aromatic N) is 10. The fourth-order valence-electron chi connectivity index (χ4n) is 10.2. The third-order valence-electron chi connectivity index (χ3n) is 15.7. The van der Waals surface area contributed by atoms with Gasteiger partial charge in [0.2, 0.25) is 0 Å². The van der Waals surface area contributed by atoms with Crippen molar-refractivity contribution in [2.75, 3.05) is 84.5 Å². The number of nitrogens with two attached hydrogens (primary N) is 2. The Labute approximate surface area is 514 Å². The van der Waals surface area contributed by atoms with E-state index in [1.807, 2.05) is 90.1 Å². The van der Waals surface area contributed by atoms with E-state index in [9.17, 15) is 8.78 Å². The van der Waals surface area contributed by atoms with Gasteiger partial charge in [0.15, 0.2) is 0 Å². The van der Waals surface area contributed by atoms with Crippen LogP contribution in [0.1, 0.15) is 38.8 Å². The van der Waals surface area contributed by atoms with Gasteiger partial charge in [0.25, 0.3) is 0 Å². The van der Waals surface area contributed by atoms with Crippen LogP contribution in [0.3, 0.4) is 0 Å². The lowest BCUT2D eigenvalue weighted by Crippen LogP contribution is -2.41. The van der Waals surface area contributed by atoms with E-state index >= 15 is 8.78 Å². The number of aromatic nitrogens is 8. The minimum atomic E-state index is -0.714. The van der Waals surface area contributed by atoms with E-state index in [2.05, 4.69) is 71.3 Å². The standard InChI is InChI=1S/C29H25F2N7O.C24H20BrF2N5O.C11H17BN2O2/c1-17-28(22-4-2-3-7-33-22)37-24-13-19(30)12-21(31)27(24)29(17)36-23-14-26(38-8-10-39-11-9-38)35-16-20(23)18-5-6-25(32)34-15-18;1-14-23(18-4-2-3-5-28-18)31-20-11-15(26)10-17(27)22(20)24(14)30-19-12-21(29-13-16(19)25)32-6-8-33-9-7-32;1-10(2)11(3,4)16-12(15-10)8-5-6-9(13)14-7-8/h2-7,12-16H,8-11H2,1H3,(H2,32,34)(H,35,36,37);2-5,10-13H,6-9H2,1H3,(H,29,30,31);5-7H,1-4H3,(H2,13,14). The van der Waals surface area contributed by atoms with Crippen LogP contribution in [0.4, 0.5) is 63.6 Å². The third-order valence-corrected chi connectivity index (χ3v) is 16.3. The summed E-state index contributed by atoms with van der Waals surface area (Å²) in [6, 6.07) is 26.2. The van der Waals surface area contributed by atoms with Crippen molar-refractivity contribution in [2.45, 2.75) is 52.7 Å². The molecule has 2 aromatic carbocycles. The van der Waals surface area contributed by atoms with Gasteiger partial charge in [-0.1, -0.05) is 18.2 Å². The van der Waals surface area contributed by atoms with Crippen molar-refractivity contribution in [2.24, 2.45) is 0 Å². The molecule has 0 saturated carbocycles. The van der Waals surface area contributed by atoms with Crippen molar-refractivity contribution >= 4 is 96.3 Å². The summed E-state index contributed by atoms with van der Waals surface area (Å²) in [7, 11) is -0.363. The van der Waals surface area contributed by atoms with Crippen molar-refractivity contribution in [3.63, 3.8) is 0 Å². The molecule has 3 fully saturated rings. The van der Waals surface area contributed by atoms with Crippen LogP contribution in [0.2, 0.25) is 0 Å². The number of morpholine rings is 2. The Morgan fingerprint density at radius 1 is 0.545 bits per heavy atom. The van der Waals surface area contributed by atoms with E-state index in [4.69, 9.17) is 35.2 Å². The van der Waals surface area contributed by atoms with Crippen LogP contribution in [-0.2, 0) is 18.8 Å². The lowest BCUT2D eigenvalue weighted by molar-refractivity contribution is 0.00578. The van der Waals surface area contributed by atoms with Gasteiger partial charge in [0, 0.05) is 127 Å². The smallest absolute Gasteiger partial charge is 0.399 e. The van der Waals surface area contributed by atoms with E-state index in [1.54, 1.807) is 61.4 Å². The molecule has 10 aromatic rings. The number of nitrogen functional groups attached to an aromatic ring is 2. The first-order valence-corrected chi connectivity index (χ1v) is 29.2. The maximum Gasteiger partial charge on any atom is 0.496 e. The molecular formula is C64H62BBrF4N14O4. The number of pyridine rings is 8. The normalized spacial score (nSPS) is 15.3. The molecule has 0 aliphatic carbocycles. The second-order valence-electron chi connectivity index (χ2n) is 22.0. The zero-order chi connectivity index (χ0) is 61.9. The van der Waals surface area contributed by atoms with Crippen LogP contribution in [0.15, 0.2) is 139 Å². The molecule has 0 unspecified atom stereocenters. The van der Waals surface area contributed by atoms with Gasteiger partial charge in [-0.25, -0.2) is 47.5 Å². The molecule has 3 aliphatic heterocycles. The van der Waals surface area contributed by atoms with E-state index in [0.717, 1.165) is 53.4 Å². The highest BCUT2D eigenvalue weighted by atomic mass is 79.9. The van der Waals surface area contributed by atoms with Gasteiger partial charge < -0.3 is 50.7 Å². The predicted molar refractivity (Wildman–Crippen MR) is 340 cm³/mol. The van der Waals surface area contributed by atoms with Crippen LogP contribution < -0.4 is 37.4 Å². The highest BCUT2D eigenvalue weighted by Gasteiger charge is 2.51. The fraction of sp³-hybridized carbons (Fsp3) is 0.250. The Morgan fingerprint density at radius 3 is 1.49 bits per heavy atom. The SMILES string of the molecule is CC1(C)OB(c2ccc(N)nc2)OC1(C)C.Cc1c(-c2ccccn2)nc2cc(F)cc(F)c2c1Nc1cc(N2CCOCC2)ncc1-c1ccc(N)nc1.Cc1c(-c2ccccn2)nc2cc(F)cc(F)c2c1Nc1cc(N2CCOCC2)ncc1Br. The van der Waals surface area contributed by atoms with Gasteiger partial charge in [-0.05, 0) is 99.9 Å². The summed E-state index contributed by atoms with van der Waals surface area (Å²) in [4.78, 5) is 39.7. The summed E-state index contributed by atoms with van der Waals surface area (Å²) in [6.45, 7) is 17.2. The lowest BCUT2D eigenvalue weighted by atomic mass is 9.80. The first-order chi connectivity index (χ1) is 42.3. The second kappa shape index (κ2) is 25.8. The Kier molecular flexibility index (Phi) is 17.8. The minimum absolute atomic E-state index is 0.180. The first-order valence-electron chi connectivity index (χ1n) is 28.4. The van der Waals surface area contributed by atoms with E-state index in [1.165, 1.54) is 12.1 Å². The van der Waals surface area contributed by atoms with Gasteiger partial charge >= 0.3 is 7.12 Å². The molecule has 24 heteroatoms. The van der Waals surface area contributed by atoms with Crippen molar-refractivity contribution in [1.29, 1.82) is 0 Å². The molecule has 13 rings (SSSR count). The monoisotopic (exact) mass is 1260 g/mol. The molecule has 0 bridgehead atoms. The Balaban J connectivity index is 0.000000148. The molecule has 3 saturated heterocycles. The summed E-state index contributed by atoms with van der Waals surface area (Å²) in [5.41, 5.74) is 19.5. The molecular weight excluding hydrogens is 1200 g/mol. The molecule has 450 valence electrons. The molecule has 6 N–H and O–H groups in total. The third kappa shape index (κ3) is 13.2. The molecule has 11 heterocycles. The molecule has 8 aromatic heterocycles. The summed E-state index contributed by atoms with van der Waals surface area (Å²) in [5.74, 6) is -0.359.